The summed E-state index contributed by atoms with van der Waals surface area (Å²) in [5, 5.41) is 1.20. The van der Waals surface area contributed by atoms with Crippen molar-refractivity contribution in [2.75, 3.05) is 29.4 Å². The van der Waals surface area contributed by atoms with Crippen molar-refractivity contribution in [3.8, 4) is 0 Å². The summed E-state index contributed by atoms with van der Waals surface area (Å²) in [6.45, 7) is 9.45. The fourth-order valence-corrected chi connectivity index (χ4v) is 4.48. The highest BCUT2D eigenvalue weighted by Crippen LogP contribution is 2.32. The topological polar surface area (TPSA) is 48.1 Å². The third-order valence-corrected chi connectivity index (χ3v) is 5.86. The quantitative estimate of drug-likeness (QED) is 0.566. The van der Waals surface area contributed by atoms with Crippen LogP contribution in [0.1, 0.15) is 18.1 Å². The van der Waals surface area contributed by atoms with Gasteiger partial charge < -0.3 is 14.8 Å². The van der Waals surface area contributed by atoms with Crippen LogP contribution in [0.2, 0.25) is 0 Å². The predicted molar refractivity (Wildman–Crippen MR) is 116 cm³/mol. The molecule has 0 amide bonds. The molecule has 28 heavy (non-hydrogen) atoms. The average Bonchev–Trinajstić information content (AvgIpc) is 3.08. The summed E-state index contributed by atoms with van der Waals surface area (Å²) in [6.07, 6.45) is 1.70. The second-order valence-corrected chi connectivity index (χ2v) is 7.87. The largest absolute Gasteiger partial charge is 0.365 e. The first-order valence-corrected chi connectivity index (χ1v) is 9.92. The molecule has 5 rings (SSSR count). The lowest BCUT2D eigenvalue weighted by Gasteiger charge is -2.42. The second kappa shape index (κ2) is 6.51. The summed E-state index contributed by atoms with van der Waals surface area (Å²) >= 11 is 0. The van der Waals surface area contributed by atoms with E-state index in [4.69, 9.17) is 0 Å². The summed E-state index contributed by atoms with van der Waals surface area (Å²) in [6, 6.07) is 15.5. The highest BCUT2D eigenvalue weighted by Gasteiger charge is 2.26. The van der Waals surface area contributed by atoms with Crippen LogP contribution >= 0.6 is 0 Å². The normalized spacial score (nSPS) is 17.6. The van der Waals surface area contributed by atoms with Crippen LogP contribution in [0.4, 0.5) is 11.5 Å². The van der Waals surface area contributed by atoms with E-state index in [0.717, 1.165) is 42.0 Å². The molecule has 1 unspecified atom stereocenters. The maximum Gasteiger partial charge on any atom is 0.156 e. The van der Waals surface area contributed by atoms with Gasteiger partial charge in [-0.2, -0.15) is 0 Å². The van der Waals surface area contributed by atoms with E-state index < -0.39 is 0 Å². The van der Waals surface area contributed by atoms with Crippen molar-refractivity contribution >= 4 is 33.4 Å². The van der Waals surface area contributed by atoms with Crippen LogP contribution in [0.3, 0.4) is 0 Å². The number of hydrogen-bond donors (Lipinski definition) is 1. The SMILES string of the molecule is Cc1cccc(N2CCN(c3ncnc4c3[nH]c3cccc(C)c34)CC2C)c1. The molecule has 3 heterocycles. The monoisotopic (exact) mass is 371 g/mol. The van der Waals surface area contributed by atoms with E-state index in [-0.39, 0.29) is 0 Å². The molecule has 1 aliphatic heterocycles. The molecule has 0 bridgehead atoms. The highest BCUT2D eigenvalue weighted by molar-refractivity contribution is 6.09. The summed E-state index contributed by atoms with van der Waals surface area (Å²) in [7, 11) is 0. The fourth-order valence-electron chi connectivity index (χ4n) is 4.48. The van der Waals surface area contributed by atoms with Crippen molar-refractivity contribution in [2.24, 2.45) is 0 Å². The van der Waals surface area contributed by atoms with Gasteiger partial charge in [0.25, 0.3) is 0 Å². The number of aromatic amines is 1. The van der Waals surface area contributed by atoms with Crippen LogP contribution in [0.15, 0.2) is 48.8 Å². The van der Waals surface area contributed by atoms with Gasteiger partial charge in [-0.15, -0.1) is 0 Å². The minimum Gasteiger partial charge on any atom is -0.365 e. The van der Waals surface area contributed by atoms with Gasteiger partial charge in [-0.3, -0.25) is 0 Å². The molecule has 0 spiro atoms. The molecule has 0 saturated carbocycles. The van der Waals surface area contributed by atoms with Crippen LogP contribution in [-0.4, -0.2) is 40.6 Å². The Kier molecular flexibility index (Phi) is 3.97. The fraction of sp³-hybridized carbons (Fsp3) is 0.304. The molecule has 1 fully saturated rings. The summed E-state index contributed by atoms with van der Waals surface area (Å²) < 4.78 is 0. The van der Waals surface area contributed by atoms with Crippen molar-refractivity contribution in [3.05, 3.63) is 59.9 Å². The number of rotatable bonds is 2. The number of aryl methyl sites for hydroxylation is 2. The number of fused-ring (bicyclic) bond motifs is 3. The number of H-pyrrole nitrogens is 1. The summed E-state index contributed by atoms with van der Waals surface area (Å²) in [5.41, 5.74) is 7.04. The molecule has 1 N–H and O–H groups in total. The first kappa shape index (κ1) is 17.0. The van der Waals surface area contributed by atoms with Crippen LogP contribution < -0.4 is 9.80 Å². The molecule has 142 valence electrons. The molecule has 2 aromatic heterocycles. The van der Waals surface area contributed by atoms with Gasteiger partial charge in [0, 0.05) is 42.3 Å². The number of nitrogens with one attached hydrogen (secondary N) is 1. The van der Waals surface area contributed by atoms with Gasteiger partial charge >= 0.3 is 0 Å². The van der Waals surface area contributed by atoms with Gasteiger partial charge in [0.05, 0.1) is 0 Å². The van der Waals surface area contributed by atoms with E-state index in [2.05, 4.69) is 88.0 Å². The van der Waals surface area contributed by atoms with Crippen molar-refractivity contribution < 1.29 is 0 Å². The molecule has 1 atom stereocenters. The number of nitrogens with zero attached hydrogens (tertiary/aromatic N) is 4. The van der Waals surface area contributed by atoms with E-state index >= 15 is 0 Å². The van der Waals surface area contributed by atoms with E-state index in [9.17, 15) is 0 Å². The number of hydrogen-bond acceptors (Lipinski definition) is 4. The average molecular weight is 371 g/mol. The van der Waals surface area contributed by atoms with Gasteiger partial charge in [-0.25, -0.2) is 9.97 Å². The molecule has 1 aliphatic rings. The minimum absolute atomic E-state index is 0.409. The Morgan fingerprint density at radius 3 is 2.71 bits per heavy atom. The van der Waals surface area contributed by atoms with Gasteiger partial charge in [0.15, 0.2) is 5.82 Å². The maximum absolute atomic E-state index is 4.67. The molecule has 0 aliphatic carbocycles. The third kappa shape index (κ3) is 2.70. The Morgan fingerprint density at radius 2 is 1.89 bits per heavy atom. The molecule has 5 nitrogen and oxygen atoms in total. The summed E-state index contributed by atoms with van der Waals surface area (Å²) in [4.78, 5) is 17.7. The maximum atomic E-state index is 4.67. The lowest BCUT2D eigenvalue weighted by molar-refractivity contribution is 0.548. The molecular weight excluding hydrogens is 346 g/mol. The van der Waals surface area contributed by atoms with Crippen molar-refractivity contribution in [2.45, 2.75) is 26.8 Å². The van der Waals surface area contributed by atoms with Crippen LogP contribution in [0.25, 0.3) is 21.9 Å². The summed E-state index contributed by atoms with van der Waals surface area (Å²) in [5.74, 6) is 1.01. The molecule has 1 saturated heterocycles. The van der Waals surface area contributed by atoms with Crippen LogP contribution in [0.5, 0.6) is 0 Å². The molecule has 0 radical (unpaired) electrons. The van der Waals surface area contributed by atoms with Gasteiger partial charge in [-0.1, -0.05) is 24.3 Å². The van der Waals surface area contributed by atoms with Gasteiger partial charge in [-0.05, 0) is 50.1 Å². The Hall–Kier alpha value is -3.08. The number of benzene rings is 2. The minimum atomic E-state index is 0.409. The standard InChI is InChI=1S/C23H25N5/c1-15-6-4-8-18(12-15)28-11-10-27(13-17(28)3)23-22-21(24-14-25-23)20-16(2)7-5-9-19(20)26-22/h4-9,12,14,17,26H,10-11,13H2,1-3H3. The van der Waals surface area contributed by atoms with E-state index in [1.165, 1.54) is 22.2 Å². The smallest absolute Gasteiger partial charge is 0.156 e. The first-order valence-electron chi connectivity index (χ1n) is 9.92. The zero-order chi connectivity index (χ0) is 19.3. The van der Waals surface area contributed by atoms with Gasteiger partial charge in [0.1, 0.15) is 17.4 Å². The van der Waals surface area contributed by atoms with Gasteiger partial charge in [0.2, 0.25) is 0 Å². The van der Waals surface area contributed by atoms with Crippen molar-refractivity contribution in [1.82, 2.24) is 15.0 Å². The highest BCUT2D eigenvalue weighted by atomic mass is 15.3. The zero-order valence-corrected chi connectivity index (χ0v) is 16.6. The Morgan fingerprint density at radius 1 is 1.04 bits per heavy atom. The van der Waals surface area contributed by atoms with Crippen LogP contribution in [0, 0.1) is 13.8 Å². The van der Waals surface area contributed by atoms with E-state index in [1.54, 1.807) is 6.33 Å². The first-order chi connectivity index (χ1) is 13.6. The zero-order valence-electron chi connectivity index (χ0n) is 16.6. The van der Waals surface area contributed by atoms with Crippen LogP contribution in [-0.2, 0) is 0 Å². The van der Waals surface area contributed by atoms with Crippen molar-refractivity contribution in [1.29, 1.82) is 0 Å². The lowest BCUT2D eigenvalue weighted by Crippen LogP contribution is -2.52. The third-order valence-electron chi connectivity index (χ3n) is 5.86. The Labute approximate surface area is 165 Å². The van der Waals surface area contributed by atoms with E-state index in [1.807, 2.05) is 0 Å². The second-order valence-electron chi connectivity index (χ2n) is 7.87. The Balaban J connectivity index is 1.50. The van der Waals surface area contributed by atoms with E-state index in [0.29, 0.717) is 6.04 Å². The Bertz CT molecular complexity index is 1160. The molecule has 4 aromatic rings. The van der Waals surface area contributed by atoms with Crippen molar-refractivity contribution in [3.63, 3.8) is 0 Å². The number of aromatic nitrogens is 3. The lowest BCUT2D eigenvalue weighted by atomic mass is 10.1. The molecule has 2 aromatic carbocycles. The number of piperazine rings is 1. The number of anilines is 2. The molecular formula is C23H25N5. The predicted octanol–water partition coefficient (Wildman–Crippen LogP) is 4.44. The molecule has 5 heteroatoms.